The number of hydrogen-bond donors (Lipinski definition) is 1. The Morgan fingerprint density at radius 2 is 1.77 bits per heavy atom. The number of benzene rings is 2. The van der Waals surface area contributed by atoms with Crippen LogP contribution in [0.25, 0.3) is 5.69 Å². The molecule has 31 heavy (non-hydrogen) atoms. The van der Waals surface area contributed by atoms with Crippen molar-refractivity contribution in [3.63, 3.8) is 0 Å². The Bertz CT molecular complexity index is 1100. The van der Waals surface area contributed by atoms with Gasteiger partial charge in [-0.1, -0.05) is 48.4 Å². The lowest BCUT2D eigenvalue weighted by molar-refractivity contribution is -0.156. The number of nitrogens with zero attached hydrogens (tertiary/aromatic N) is 2. The van der Waals surface area contributed by atoms with E-state index in [-0.39, 0.29) is 12.6 Å². The van der Waals surface area contributed by atoms with Crippen molar-refractivity contribution in [1.29, 1.82) is 0 Å². The normalized spacial score (nSPS) is 14.5. The van der Waals surface area contributed by atoms with Crippen LogP contribution in [-0.2, 0) is 19.7 Å². The summed E-state index contributed by atoms with van der Waals surface area (Å²) in [5.74, 6) is -0.762. The van der Waals surface area contributed by atoms with Crippen LogP contribution in [0.1, 0.15) is 36.2 Å². The second kappa shape index (κ2) is 8.55. The van der Waals surface area contributed by atoms with Crippen LogP contribution in [-0.4, -0.2) is 28.3 Å². The molecule has 1 aromatic heterocycles. The van der Waals surface area contributed by atoms with Crippen molar-refractivity contribution in [1.82, 2.24) is 9.78 Å². The number of aromatic nitrogens is 2. The first-order valence-electron chi connectivity index (χ1n) is 10.3. The smallest absolute Gasteiger partial charge is 0.317 e. The maximum Gasteiger partial charge on any atom is 0.317 e. The van der Waals surface area contributed by atoms with Gasteiger partial charge in [-0.3, -0.25) is 9.59 Å². The number of rotatable bonds is 6. The summed E-state index contributed by atoms with van der Waals surface area (Å²) < 4.78 is 7.21. The fourth-order valence-electron chi connectivity index (χ4n) is 4.00. The second-order valence-electron chi connectivity index (χ2n) is 7.86. The summed E-state index contributed by atoms with van der Waals surface area (Å²) in [6.07, 6.45) is 2.36. The molecule has 160 valence electrons. The quantitative estimate of drug-likeness (QED) is 0.565. The third kappa shape index (κ3) is 4.08. The number of esters is 1. The van der Waals surface area contributed by atoms with E-state index in [0.717, 1.165) is 23.4 Å². The van der Waals surface area contributed by atoms with Crippen molar-refractivity contribution >= 4 is 29.2 Å². The molecule has 0 saturated heterocycles. The van der Waals surface area contributed by atoms with Gasteiger partial charge in [-0.05, 0) is 56.5 Å². The number of carbonyl (C=O) groups excluding carboxylic acids is 2. The van der Waals surface area contributed by atoms with E-state index in [2.05, 4.69) is 10.4 Å². The zero-order valence-electron chi connectivity index (χ0n) is 17.5. The van der Waals surface area contributed by atoms with Gasteiger partial charge in [0.15, 0.2) is 6.61 Å². The first-order chi connectivity index (χ1) is 14.9. The summed E-state index contributed by atoms with van der Waals surface area (Å²) in [6, 6.07) is 16.9. The maximum absolute atomic E-state index is 12.9. The molecule has 0 aliphatic heterocycles. The molecule has 1 saturated carbocycles. The first-order valence-corrected chi connectivity index (χ1v) is 10.6. The molecule has 1 aliphatic carbocycles. The molecule has 0 unspecified atom stereocenters. The Kier molecular flexibility index (Phi) is 5.83. The topological polar surface area (TPSA) is 73.2 Å². The molecular formula is C24H24ClN3O3. The molecule has 6 nitrogen and oxygen atoms in total. The fourth-order valence-corrected chi connectivity index (χ4v) is 4.12. The van der Waals surface area contributed by atoms with Crippen molar-refractivity contribution in [2.24, 2.45) is 0 Å². The lowest BCUT2D eigenvalue weighted by atomic mass is 9.64. The van der Waals surface area contributed by atoms with E-state index in [1.165, 1.54) is 0 Å². The molecule has 0 atom stereocenters. The summed E-state index contributed by atoms with van der Waals surface area (Å²) in [5, 5.41) is 7.98. The Labute approximate surface area is 186 Å². The van der Waals surface area contributed by atoms with Crippen molar-refractivity contribution < 1.29 is 14.3 Å². The molecule has 1 amide bonds. The van der Waals surface area contributed by atoms with Crippen molar-refractivity contribution in [2.45, 2.75) is 38.5 Å². The van der Waals surface area contributed by atoms with Crippen LogP contribution in [0, 0.1) is 13.8 Å². The average molecular weight is 438 g/mol. The van der Waals surface area contributed by atoms with Crippen LogP contribution < -0.4 is 5.32 Å². The van der Waals surface area contributed by atoms with E-state index in [0.29, 0.717) is 29.2 Å². The van der Waals surface area contributed by atoms with E-state index < -0.39 is 11.3 Å². The Morgan fingerprint density at radius 1 is 1.10 bits per heavy atom. The standard InChI is InChI=1S/C24H24ClN3O3/c1-16-22(17(2)28(27-16)20-7-4-3-5-8-20)26-21(29)15-31-23(30)24(13-6-14-24)18-9-11-19(25)12-10-18/h3-5,7-12H,6,13-15H2,1-2H3,(H,26,29). The summed E-state index contributed by atoms with van der Waals surface area (Å²) >= 11 is 5.97. The summed E-state index contributed by atoms with van der Waals surface area (Å²) in [4.78, 5) is 25.4. The van der Waals surface area contributed by atoms with Gasteiger partial charge in [0.2, 0.25) is 0 Å². The van der Waals surface area contributed by atoms with Gasteiger partial charge in [0.05, 0.1) is 28.2 Å². The first kappa shape index (κ1) is 21.1. The molecule has 2 aromatic carbocycles. The van der Waals surface area contributed by atoms with Gasteiger partial charge < -0.3 is 10.1 Å². The van der Waals surface area contributed by atoms with E-state index in [1.807, 2.05) is 56.3 Å². The minimum atomic E-state index is -0.686. The SMILES string of the molecule is Cc1nn(-c2ccccc2)c(C)c1NC(=O)COC(=O)C1(c2ccc(Cl)cc2)CCC1. The van der Waals surface area contributed by atoms with E-state index in [9.17, 15) is 9.59 Å². The van der Waals surface area contributed by atoms with Crippen molar-refractivity contribution in [2.75, 3.05) is 11.9 Å². The highest BCUT2D eigenvalue weighted by molar-refractivity contribution is 6.30. The monoisotopic (exact) mass is 437 g/mol. The van der Waals surface area contributed by atoms with E-state index in [1.54, 1.807) is 16.8 Å². The molecule has 1 aliphatic rings. The predicted molar refractivity (Wildman–Crippen MR) is 120 cm³/mol. The zero-order valence-corrected chi connectivity index (χ0v) is 18.3. The van der Waals surface area contributed by atoms with Gasteiger partial charge in [-0.25, -0.2) is 4.68 Å². The molecular weight excluding hydrogens is 414 g/mol. The summed E-state index contributed by atoms with van der Waals surface area (Å²) in [5.41, 5.74) is 3.22. The lowest BCUT2D eigenvalue weighted by Gasteiger charge is -2.39. The van der Waals surface area contributed by atoms with Gasteiger partial charge in [0, 0.05) is 5.02 Å². The molecule has 0 spiro atoms. The molecule has 3 aromatic rings. The van der Waals surface area contributed by atoms with E-state index >= 15 is 0 Å². The number of halogens is 1. The second-order valence-corrected chi connectivity index (χ2v) is 8.30. The predicted octanol–water partition coefficient (Wildman–Crippen LogP) is 4.75. The van der Waals surface area contributed by atoms with Crippen molar-refractivity contribution in [3.05, 3.63) is 76.6 Å². The van der Waals surface area contributed by atoms with Gasteiger partial charge in [0.25, 0.3) is 5.91 Å². The number of aryl methyl sites for hydroxylation is 1. The highest BCUT2D eigenvalue weighted by Crippen LogP contribution is 2.45. The molecule has 1 fully saturated rings. The molecule has 0 radical (unpaired) electrons. The average Bonchev–Trinajstić information content (AvgIpc) is 3.01. The number of hydrogen-bond acceptors (Lipinski definition) is 4. The molecule has 4 rings (SSSR count). The lowest BCUT2D eigenvalue weighted by Crippen LogP contribution is -2.44. The number of para-hydroxylation sites is 1. The number of carbonyl (C=O) groups is 2. The fraction of sp³-hybridized carbons (Fsp3) is 0.292. The molecule has 7 heteroatoms. The summed E-state index contributed by atoms with van der Waals surface area (Å²) in [7, 11) is 0. The molecule has 1 N–H and O–H groups in total. The van der Waals surface area contributed by atoms with E-state index in [4.69, 9.17) is 16.3 Å². The van der Waals surface area contributed by atoms with Crippen LogP contribution >= 0.6 is 11.6 Å². The maximum atomic E-state index is 12.9. The van der Waals surface area contributed by atoms with Crippen molar-refractivity contribution in [3.8, 4) is 5.69 Å². The molecule has 0 bridgehead atoms. The Morgan fingerprint density at radius 3 is 2.39 bits per heavy atom. The van der Waals surface area contributed by atoms with Gasteiger partial charge in [-0.15, -0.1) is 0 Å². The minimum Gasteiger partial charge on any atom is -0.455 e. The van der Waals surface area contributed by atoms with Crippen LogP contribution in [0.15, 0.2) is 54.6 Å². The number of nitrogens with one attached hydrogen (secondary N) is 1. The zero-order chi connectivity index (χ0) is 22.0. The van der Waals surface area contributed by atoms with Gasteiger partial charge >= 0.3 is 5.97 Å². The highest BCUT2D eigenvalue weighted by atomic mass is 35.5. The van der Waals surface area contributed by atoms with Crippen LogP contribution in [0.4, 0.5) is 5.69 Å². The highest BCUT2D eigenvalue weighted by Gasteiger charge is 2.47. The van der Waals surface area contributed by atoms with Gasteiger partial charge in [-0.2, -0.15) is 5.10 Å². The Balaban J connectivity index is 1.42. The Hall–Kier alpha value is -3.12. The third-order valence-corrected chi connectivity index (χ3v) is 6.14. The number of anilines is 1. The third-order valence-electron chi connectivity index (χ3n) is 5.89. The molecule has 1 heterocycles. The minimum absolute atomic E-state index is 0.344. The summed E-state index contributed by atoms with van der Waals surface area (Å²) in [6.45, 7) is 3.38. The van der Waals surface area contributed by atoms with Crippen LogP contribution in [0.3, 0.4) is 0 Å². The van der Waals surface area contributed by atoms with Crippen LogP contribution in [0.2, 0.25) is 5.02 Å². The largest absolute Gasteiger partial charge is 0.455 e. The number of amides is 1. The van der Waals surface area contributed by atoms with Gasteiger partial charge in [0.1, 0.15) is 0 Å². The van der Waals surface area contributed by atoms with Crippen LogP contribution in [0.5, 0.6) is 0 Å². The number of ether oxygens (including phenoxy) is 1.